The van der Waals surface area contributed by atoms with E-state index in [2.05, 4.69) is 97.7 Å². The summed E-state index contributed by atoms with van der Waals surface area (Å²) in [5, 5.41) is 159. The van der Waals surface area contributed by atoms with E-state index < -0.39 is 34.3 Å². The maximum absolute atomic E-state index is 12.9. The van der Waals surface area contributed by atoms with E-state index in [1.165, 1.54) is 68.2 Å². The van der Waals surface area contributed by atoms with Crippen LogP contribution >= 0.6 is 0 Å². The number of nitrogens with zero attached hydrogens (tertiary/aromatic N) is 17. The minimum Gasteiger partial charge on any atom is -0.505 e. The topological polar surface area (TPSA) is 563 Å². The Hall–Kier alpha value is -17.1. The van der Waals surface area contributed by atoms with Crippen LogP contribution in [0.15, 0.2) is 236 Å². The van der Waals surface area contributed by atoms with Gasteiger partial charge in [0.05, 0.1) is 52.0 Å². The minimum atomic E-state index is -0.774. The Labute approximate surface area is 612 Å². The van der Waals surface area contributed by atoms with Crippen molar-refractivity contribution >= 4 is 130 Å². The van der Waals surface area contributed by atoms with Crippen LogP contribution in [0, 0.1) is 62.4 Å². The lowest BCUT2D eigenvalue weighted by molar-refractivity contribution is -0.384. The highest BCUT2D eigenvalue weighted by Crippen LogP contribution is 2.44. The number of nitrogens with one attached hydrogen (secondary N) is 7. The lowest BCUT2D eigenvalue weighted by Crippen LogP contribution is -2.17. The Morgan fingerprint density at radius 3 is 1.04 bits per heavy atom. The standard InChI is InChI=1S/C22H16N6O2.C21H13N7O4.C16H12N6O2.C15H10N6O2/c1-13-5-4-7-16(9-13)25-22(30)18-10-14-6-2-3-8-17(14)19(20(18)29)26-28-21-15(11-23)12-24-27-21;22-10-13-11-23-26-20(13)27-25-18-16-7-2-1-4-12(16)8-17(19(18)29)21(30)24-14-5-3-6-15(9-14)28(31)32;1-18-16(24)12-6-9-4-2-3-5-11(9)13(14(12)23)20-22-15-10(7-17)8-19-21-15;16-6-9-7-18-20-15(9)21-19-12-10-4-2-1-3-8(10)5-11(13(12)22)14(17)23/h2-10,12,29H,1H3,(H,24,27)(H,25,30);1-9,11,29H,(H,23,26)(H,24,30);2-6,8,23H,1H3,(H,18,24)(H,19,21);1-5,7,22H,(H2,17,23)(H,18,20). The number of carbonyl (C=O) groups is 4. The quantitative estimate of drug-likeness (QED) is 0.0258. The molecule has 109 heavy (non-hydrogen) atoms. The third-order valence-electron chi connectivity index (χ3n) is 15.8. The molecule has 0 atom stereocenters. The van der Waals surface area contributed by atoms with Gasteiger partial charge in [0.1, 0.15) is 69.3 Å². The van der Waals surface area contributed by atoms with Gasteiger partial charge in [0.25, 0.3) is 29.3 Å². The molecule has 0 spiro atoms. The van der Waals surface area contributed by atoms with E-state index in [0.717, 1.165) is 10.9 Å². The summed E-state index contributed by atoms with van der Waals surface area (Å²) >= 11 is 0. The van der Waals surface area contributed by atoms with Crippen LogP contribution in [0.4, 0.5) is 63.1 Å². The molecule has 0 saturated heterocycles. The van der Waals surface area contributed by atoms with Crippen LogP contribution in [-0.4, -0.2) is 96.8 Å². The molecule has 0 radical (unpaired) electrons. The van der Waals surface area contributed by atoms with Crippen molar-refractivity contribution in [3.63, 3.8) is 0 Å². The van der Waals surface area contributed by atoms with Gasteiger partial charge in [-0.1, -0.05) is 115 Å². The minimum absolute atomic E-state index is 0.0192. The van der Waals surface area contributed by atoms with Gasteiger partial charge in [-0.15, -0.1) is 40.9 Å². The number of aromatic hydroxyl groups is 4. The molecule has 0 fully saturated rings. The van der Waals surface area contributed by atoms with Crippen LogP contribution < -0.4 is 21.7 Å². The van der Waals surface area contributed by atoms with Gasteiger partial charge in [-0.25, -0.2) is 0 Å². The monoisotopic (exact) mass is 1450 g/mol. The fraction of sp³-hybridized carbons (Fsp3) is 0.0270. The predicted octanol–water partition coefficient (Wildman–Crippen LogP) is 15.4. The summed E-state index contributed by atoms with van der Waals surface area (Å²) in [6.07, 6.45) is 5.26. The van der Waals surface area contributed by atoms with Crippen LogP contribution in [0.3, 0.4) is 0 Å². The van der Waals surface area contributed by atoms with Crippen LogP contribution in [0.2, 0.25) is 0 Å². The van der Waals surface area contributed by atoms with Crippen molar-refractivity contribution < 1.29 is 44.5 Å². The summed E-state index contributed by atoms with van der Waals surface area (Å²) < 4.78 is 0. The summed E-state index contributed by atoms with van der Waals surface area (Å²) in [6, 6.07) is 55.0. The highest BCUT2D eigenvalue weighted by Gasteiger charge is 2.24. The van der Waals surface area contributed by atoms with Crippen molar-refractivity contribution in [3.8, 4) is 47.3 Å². The number of hydrogen-bond donors (Lipinski definition) is 12. The first-order valence-corrected chi connectivity index (χ1v) is 31.7. The summed E-state index contributed by atoms with van der Waals surface area (Å²) in [4.78, 5) is 59.6. The molecule has 4 heterocycles. The first-order chi connectivity index (χ1) is 52.8. The maximum atomic E-state index is 12.9. The molecule has 4 aromatic heterocycles. The van der Waals surface area contributed by atoms with Crippen molar-refractivity contribution in [3.05, 3.63) is 255 Å². The van der Waals surface area contributed by atoms with Gasteiger partial charge in [-0.05, 0) is 76.5 Å². The highest BCUT2D eigenvalue weighted by molar-refractivity contribution is 6.13. The Kier molecular flexibility index (Phi) is 22.2. The molecule has 13 N–H and O–H groups in total. The number of nitro benzene ring substituents is 1. The zero-order valence-electron chi connectivity index (χ0n) is 56.4. The zero-order chi connectivity index (χ0) is 77.3. The molecule has 0 aliphatic heterocycles. The number of rotatable bonds is 15. The number of azo groups is 4. The molecular formula is C74H51N25O10. The van der Waals surface area contributed by atoms with Crippen LogP contribution in [0.25, 0.3) is 43.1 Å². The fourth-order valence-electron chi connectivity index (χ4n) is 10.5. The average molecular weight is 1450 g/mol. The number of fused-ring (bicyclic) bond motifs is 4. The smallest absolute Gasteiger partial charge is 0.271 e. The SMILES string of the molecule is CNC(=O)c1cc2ccccc2c(N=Nc2[nH]ncc2C#N)c1O.Cc1cccc(NC(=O)c2cc3ccccc3c(N=Nc3[nH]ncc3C#N)c2O)c1.N#Cc1cn[nH]c1N=Nc1c(O)c(C(=O)Nc2cccc([N+](=O)[O-])c2)cc2ccccc12.N#Cc1cn[nH]c1N=Nc1c(O)c(C(N)=O)cc2ccccc12. The van der Waals surface area contributed by atoms with Gasteiger partial charge >= 0.3 is 0 Å². The molecule has 0 aliphatic carbocycles. The zero-order valence-corrected chi connectivity index (χ0v) is 56.4. The van der Waals surface area contributed by atoms with Gasteiger partial charge in [-0.3, -0.25) is 49.7 Å². The Morgan fingerprint density at radius 2 is 0.725 bits per heavy atom. The average Bonchev–Trinajstić information content (AvgIpc) is 1.02. The summed E-state index contributed by atoms with van der Waals surface area (Å²) in [7, 11) is 1.47. The molecule has 35 nitrogen and oxygen atoms in total. The van der Waals surface area contributed by atoms with Gasteiger partial charge in [0, 0.05) is 52.1 Å². The number of anilines is 2. The van der Waals surface area contributed by atoms with E-state index in [4.69, 9.17) is 26.8 Å². The molecule has 0 aliphatic rings. The number of primary amides is 1. The number of amides is 4. The number of hydrogen-bond acceptors (Lipinski definition) is 26. The van der Waals surface area contributed by atoms with Crippen molar-refractivity contribution in [2.24, 2.45) is 46.6 Å². The predicted molar refractivity (Wildman–Crippen MR) is 394 cm³/mol. The molecule has 532 valence electrons. The number of nitrogens with two attached hydrogens (primary N) is 1. The second-order valence-corrected chi connectivity index (χ2v) is 22.7. The molecule has 0 unspecified atom stereocenters. The van der Waals surface area contributed by atoms with Gasteiger partial charge in [0.15, 0.2) is 46.3 Å². The summed E-state index contributed by atoms with van der Waals surface area (Å²) in [5.41, 5.74) is 8.10. The van der Waals surface area contributed by atoms with E-state index in [9.17, 15) is 49.7 Å². The molecule has 35 heteroatoms. The second-order valence-electron chi connectivity index (χ2n) is 22.7. The molecule has 0 saturated carbocycles. The summed E-state index contributed by atoms with van der Waals surface area (Å²) in [6.45, 7) is 1.92. The number of non-ortho nitro benzene ring substituents is 1. The Morgan fingerprint density at radius 1 is 0.422 bits per heavy atom. The number of aromatic amines is 4. The number of carbonyl (C=O) groups excluding carboxylic acids is 4. The normalized spacial score (nSPS) is 10.9. The number of aromatic nitrogens is 8. The first kappa shape index (κ1) is 73.1. The van der Waals surface area contributed by atoms with E-state index in [0.29, 0.717) is 43.4 Å². The van der Waals surface area contributed by atoms with E-state index in [1.54, 1.807) is 97.1 Å². The van der Waals surface area contributed by atoms with E-state index in [-0.39, 0.29) is 119 Å². The van der Waals surface area contributed by atoms with E-state index >= 15 is 0 Å². The number of nitro groups is 1. The molecule has 10 aromatic carbocycles. The van der Waals surface area contributed by atoms with Crippen molar-refractivity contribution in [1.29, 1.82) is 21.0 Å². The highest BCUT2D eigenvalue weighted by atomic mass is 16.6. The van der Waals surface area contributed by atoms with Crippen molar-refractivity contribution in [2.75, 3.05) is 17.7 Å². The molecule has 14 aromatic rings. The lowest BCUT2D eigenvalue weighted by atomic mass is 10.0. The van der Waals surface area contributed by atoms with E-state index in [1.807, 2.05) is 67.6 Å². The fourth-order valence-corrected chi connectivity index (χ4v) is 10.5. The molecular weight excluding hydrogens is 1400 g/mol. The van der Waals surface area contributed by atoms with Gasteiger partial charge in [0.2, 0.25) is 0 Å². The van der Waals surface area contributed by atoms with Gasteiger partial charge in [-0.2, -0.15) is 41.4 Å². The third kappa shape index (κ3) is 16.5. The first-order valence-electron chi connectivity index (χ1n) is 31.7. The molecule has 14 rings (SSSR count). The Balaban J connectivity index is 0.000000146. The number of aryl methyl sites for hydroxylation is 1. The van der Waals surface area contributed by atoms with Crippen LogP contribution in [0.5, 0.6) is 23.0 Å². The Bertz CT molecular complexity index is 6240. The number of phenols is 4. The lowest BCUT2D eigenvalue weighted by Gasteiger charge is -2.11. The largest absolute Gasteiger partial charge is 0.505 e. The third-order valence-corrected chi connectivity index (χ3v) is 15.8. The summed E-state index contributed by atoms with van der Waals surface area (Å²) in [5.74, 6) is -3.17. The van der Waals surface area contributed by atoms with Crippen molar-refractivity contribution in [1.82, 2.24) is 46.1 Å². The molecule has 0 bridgehead atoms. The number of H-pyrrole nitrogens is 4. The maximum Gasteiger partial charge on any atom is 0.271 e. The van der Waals surface area contributed by atoms with Gasteiger partial charge < -0.3 is 42.1 Å². The van der Waals surface area contributed by atoms with Crippen LogP contribution in [-0.2, 0) is 0 Å². The van der Waals surface area contributed by atoms with Crippen LogP contribution in [0.1, 0.15) is 69.2 Å². The van der Waals surface area contributed by atoms with Crippen molar-refractivity contribution in [2.45, 2.75) is 6.92 Å². The number of phenolic OH excluding ortho intramolecular Hbond substituents is 3. The molecule has 4 amide bonds. The number of benzene rings is 10. The number of nitriles is 4. The second kappa shape index (κ2) is 33.1.